The first-order chi connectivity index (χ1) is 39.5. The molecule has 0 spiro atoms. The summed E-state index contributed by atoms with van der Waals surface area (Å²) < 4.78 is 17.0. The predicted molar refractivity (Wildman–Crippen MR) is 349 cm³/mol. The molecule has 1 unspecified atom stereocenters. The molecule has 0 saturated carbocycles. The summed E-state index contributed by atoms with van der Waals surface area (Å²) >= 11 is 0. The van der Waals surface area contributed by atoms with Crippen LogP contribution < -0.4 is 0 Å². The largest absolute Gasteiger partial charge is 0.462 e. The van der Waals surface area contributed by atoms with E-state index in [0.717, 1.165) is 70.6 Å². The Morgan fingerprint density at radius 2 is 0.450 bits per heavy atom. The van der Waals surface area contributed by atoms with Crippen molar-refractivity contribution in [1.29, 1.82) is 0 Å². The van der Waals surface area contributed by atoms with Crippen LogP contribution >= 0.6 is 0 Å². The van der Waals surface area contributed by atoms with E-state index in [1.54, 1.807) is 0 Å². The van der Waals surface area contributed by atoms with Crippen molar-refractivity contribution >= 4 is 17.9 Å². The maximum Gasteiger partial charge on any atom is 0.306 e. The van der Waals surface area contributed by atoms with Gasteiger partial charge in [0.25, 0.3) is 0 Å². The maximum atomic E-state index is 13.0. The molecule has 0 bridgehead atoms. The second-order valence-electron chi connectivity index (χ2n) is 24.5. The van der Waals surface area contributed by atoms with Crippen LogP contribution in [0.4, 0.5) is 0 Å². The van der Waals surface area contributed by atoms with E-state index >= 15 is 0 Å². The quantitative estimate of drug-likeness (QED) is 0.0261. The molecule has 0 fully saturated rings. The molecule has 0 rings (SSSR count). The Morgan fingerprint density at radius 3 is 0.725 bits per heavy atom. The lowest BCUT2D eigenvalue weighted by molar-refractivity contribution is -0.167. The molecule has 0 amide bonds. The molecule has 0 aliphatic heterocycles. The summed E-state index contributed by atoms with van der Waals surface area (Å²) in [6.07, 6.45) is 86.0. The highest BCUT2D eigenvalue weighted by Crippen LogP contribution is 2.19. The van der Waals surface area contributed by atoms with Gasteiger partial charge in [0.05, 0.1) is 0 Å². The van der Waals surface area contributed by atoms with Crippen molar-refractivity contribution in [1.82, 2.24) is 0 Å². The molecule has 0 aromatic rings. The van der Waals surface area contributed by atoms with Gasteiger partial charge in [-0.2, -0.15) is 0 Å². The van der Waals surface area contributed by atoms with Crippen molar-refractivity contribution < 1.29 is 28.6 Å². The Balaban J connectivity index is 4.27. The van der Waals surface area contributed by atoms with Crippen molar-refractivity contribution in [3.8, 4) is 0 Å². The number of rotatable bonds is 67. The number of allylic oxidation sites excluding steroid dienone is 6. The summed E-state index contributed by atoms with van der Waals surface area (Å²) in [5.74, 6) is -0.851. The van der Waals surface area contributed by atoms with Gasteiger partial charge in [-0.25, -0.2) is 0 Å². The Bertz CT molecular complexity index is 1340. The average molecular weight is 1120 g/mol. The number of unbranched alkanes of at least 4 members (excludes halogenated alkanes) is 50. The molecule has 0 radical (unpaired) electrons. The number of carbonyl (C=O) groups is 3. The molecule has 80 heavy (non-hydrogen) atoms. The smallest absolute Gasteiger partial charge is 0.306 e. The summed E-state index contributed by atoms with van der Waals surface area (Å²) in [4.78, 5) is 38.5. The molecule has 0 aromatic carbocycles. The van der Waals surface area contributed by atoms with Gasteiger partial charge in [-0.05, 0) is 77.0 Å². The normalized spacial score (nSPS) is 12.2. The minimum absolute atomic E-state index is 0.0707. The third-order valence-electron chi connectivity index (χ3n) is 16.4. The number of carbonyl (C=O) groups excluding carboxylic acids is 3. The van der Waals surface area contributed by atoms with Gasteiger partial charge in [-0.1, -0.05) is 340 Å². The molecule has 0 aliphatic carbocycles. The minimum Gasteiger partial charge on any atom is -0.462 e. The van der Waals surface area contributed by atoms with Gasteiger partial charge in [0.1, 0.15) is 13.2 Å². The van der Waals surface area contributed by atoms with Crippen LogP contribution in [0.2, 0.25) is 0 Å². The molecular weight excluding hydrogens is 985 g/mol. The van der Waals surface area contributed by atoms with E-state index in [4.69, 9.17) is 14.2 Å². The van der Waals surface area contributed by atoms with Gasteiger partial charge in [-0.15, -0.1) is 0 Å². The standard InChI is InChI=1S/C74H138O6/c1-4-7-10-13-16-19-22-25-28-31-33-34-35-36-37-38-39-41-43-46-49-52-55-58-61-64-67-73(76)79-70-71(69-78-72(75)66-63-60-57-54-51-48-45-42-30-27-24-21-18-15-12-9-6-3)80-74(77)68-65-62-59-56-53-50-47-44-40-32-29-26-23-20-17-14-11-8-5-2/h18,21,26-27,29-30,71H,4-17,19-20,22-25,28,31-70H2,1-3H3/b21-18-,29-26-,30-27-. The van der Waals surface area contributed by atoms with Gasteiger partial charge < -0.3 is 14.2 Å². The van der Waals surface area contributed by atoms with Gasteiger partial charge >= 0.3 is 17.9 Å². The van der Waals surface area contributed by atoms with Crippen molar-refractivity contribution in [2.45, 2.75) is 406 Å². The zero-order valence-electron chi connectivity index (χ0n) is 54.1. The van der Waals surface area contributed by atoms with Gasteiger partial charge in [0.15, 0.2) is 6.10 Å². The van der Waals surface area contributed by atoms with E-state index in [1.807, 2.05) is 0 Å². The lowest BCUT2D eigenvalue weighted by Gasteiger charge is -2.18. The predicted octanol–water partition coefficient (Wildman–Crippen LogP) is 24.7. The highest BCUT2D eigenvalue weighted by Gasteiger charge is 2.19. The third kappa shape index (κ3) is 66.4. The van der Waals surface area contributed by atoms with Gasteiger partial charge in [0.2, 0.25) is 0 Å². The van der Waals surface area contributed by atoms with Crippen LogP contribution in [0.3, 0.4) is 0 Å². The molecule has 0 aromatic heterocycles. The van der Waals surface area contributed by atoms with E-state index < -0.39 is 6.10 Å². The lowest BCUT2D eigenvalue weighted by Crippen LogP contribution is -2.30. The second-order valence-corrected chi connectivity index (χ2v) is 24.5. The van der Waals surface area contributed by atoms with E-state index in [1.165, 1.54) is 289 Å². The molecule has 470 valence electrons. The molecule has 0 saturated heterocycles. The first-order valence-electron chi connectivity index (χ1n) is 36.0. The van der Waals surface area contributed by atoms with E-state index in [0.29, 0.717) is 19.3 Å². The van der Waals surface area contributed by atoms with Crippen LogP contribution in [0.25, 0.3) is 0 Å². The van der Waals surface area contributed by atoms with E-state index in [-0.39, 0.29) is 31.1 Å². The summed E-state index contributed by atoms with van der Waals surface area (Å²) in [6, 6.07) is 0. The van der Waals surface area contributed by atoms with Gasteiger partial charge in [0, 0.05) is 19.3 Å². The van der Waals surface area contributed by atoms with Crippen LogP contribution in [-0.2, 0) is 28.6 Å². The molecule has 6 heteroatoms. The van der Waals surface area contributed by atoms with Crippen LogP contribution in [0.1, 0.15) is 400 Å². The maximum absolute atomic E-state index is 13.0. The zero-order chi connectivity index (χ0) is 57.8. The number of hydrogen-bond donors (Lipinski definition) is 0. The third-order valence-corrected chi connectivity index (χ3v) is 16.4. The Labute approximate surface area is 499 Å². The molecular formula is C74H138O6. The topological polar surface area (TPSA) is 78.9 Å². The Kier molecular flexibility index (Phi) is 67.1. The Hall–Kier alpha value is -2.37. The number of ether oxygens (including phenoxy) is 3. The highest BCUT2D eigenvalue weighted by atomic mass is 16.6. The molecule has 1 atom stereocenters. The lowest BCUT2D eigenvalue weighted by atomic mass is 10.0. The molecule has 0 N–H and O–H groups in total. The average Bonchev–Trinajstić information content (AvgIpc) is 3.46. The van der Waals surface area contributed by atoms with Crippen molar-refractivity contribution in [3.63, 3.8) is 0 Å². The van der Waals surface area contributed by atoms with Crippen molar-refractivity contribution in [3.05, 3.63) is 36.5 Å². The minimum atomic E-state index is -0.776. The highest BCUT2D eigenvalue weighted by molar-refractivity contribution is 5.71. The van der Waals surface area contributed by atoms with Crippen LogP contribution in [0, 0.1) is 0 Å². The van der Waals surface area contributed by atoms with Crippen molar-refractivity contribution in [2.75, 3.05) is 13.2 Å². The fourth-order valence-corrected chi connectivity index (χ4v) is 10.9. The van der Waals surface area contributed by atoms with E-state index in [2.05, 4.69) is 57.2 Å². The Morgan fingerprint density at radius 1 is 0.250 bits per heavy atom. The molecule has 6 nitrogen and oxygen atoms in total. The summed E-state index contributed by atoms with van der Waals surface area (Å²) in [7, 11) is 0. The first-order valence-corrected chi connectivity index (χ1v) is 36.0. The second kappa shape index (κ2) is 69.1. The van der Waals surface area contributed by atoms with Crippen LogP contribution in [0.15, 0.2) is 36.5 Å². The number of esters is 3. The number of hydrogen-bond acceptors (Lipinski definition) is 6. The summed E-state index contributed by atoms with van der Waals surface area (Å²) in [5, 5.41) is 0. The van der Waals surface area contributed by atoms with Crippen molar-refractivity contribution in [2.24, 2.45) is 0 Å². The SMILES string of the molecule is CCCCC/C=C\C/C=C\CCCCCCCCCC(=O)OCC(COC(=O)CCCCCCCCCCCCCCCCCCCCCCCCCCCC)OC(=O)CCCCCCCCCCC/C=C\CCCCCCCC. The van der Waals surface area contributed by atoms with E-state index in [9.17, 15) is 14.4 Å². The fraction of sp³-hybridized carbons (Fsp3) is 0.878. The first kappa shape index (κ1) is 77.6. The summed E-state index contributed by atoms with van der Waals surface area (Å²) in [5.41, 5.74) is 0. The molecule has 0 aliphatic rings. The fourth-order valence-electron chi connectivity index (χ4n) is 10.9. The molecule has 0 heterocycles. The van der Waals surface area contributed by atoms with Gasteiger partial charge in [-0.3, -0.25) is 14.4 Å². The van der Waals surface area contributed by atoms with Crippen LogP contribution in [0.5, 0.6) is 0 Å². The monoisotopic (exact) mass is 1120 g/mol. The summed E-state index contributed by atoms with van der Waals surface area (Å²) in [6.45, 7) is 6.68. The zero-order valence-corrected chi connectivity index (χ0v) is 54.1. The van der Waals surface area contributed by atoms with Crippen LogP contribution in [-0.4, -0.2) is 37.2 Å².